The maximum Gasteiger partial charge on any atom is 0.267 e. The highest BCUT2D eigenvalue weighted by atomic mass is 35.5. The van der Waals surface area contributed by atoms with Gasteiger partial charge in [-0.25, -0.2) is 23.4 Å². The van der Waals surface area contributed by atoms with Crippen LogP contribution in [0.25, 0.3) is 22.2 Å². The number of aryl methyl sites for hydroxylation is 1. The SMILES string of the molecule is CNc1ncc2cc(-c3cc(NS(=O)(=O)c4cc(Cl)cnc4OC)ccc3OC)c(C)nc2n1. The van der Waals surface area contributed by atoms with Crippen molar-refractivity contribution in [3.63, 3.8) is 0 Å². The number of ether oxygens (including phenoxy) is 2. The number of fused-ring (bicyclic) bond motifs is 1. The number of nitrogens with one attached hydrogen (secondary N) is 2. The average molecular weight is 501 g/mol. The van der Waals surface area contributed by atoms with Crippen molar-refractivity contribution in [3.8, 4) is 22.8 Å². The second-order valence-electron chi connectivity index (χ2n) is 7.16. The number of rotatable bonds is 7. The van der Waals surface area contributed by atoms with Gasteiger partial charge in [0, 0.05) is 47.3 Å². The molecule has 0 atom stereocenters. The second-order valence-corrected chi connectivity index (χ2v) is 9.25. The third-order valence-electron chi connectivity index (χ3n) is 4.99. The smallest absolute Gasteiger partial charge is 0.267 e. The average Bonchev–Trinajstić information content (AvgIpc) is 2.83. The van der Waals surface area contributed by atoms with Crippen molar-refractivity contribution in [3.05, 3.63) is 53.4 Å². The molecule has 4 aromatic rings. The summed E-state index contributed by atoms with van der Waals surface area (Å²) in [5.41, 5.74) is 2.92. The molecule has 12 heteroatoms. The van der Waals surface area contributed by atoms with E-state index in [1.54, 1.807) is 31.4 Å². The lowest BCUT2D eigenvalue weighted by atomic mass is 10.0. The summed E-state index contributed by atoms with van der Waals surface area (Å²) in [4.78, 5) is 17.0. The Morgan fingerprint density at radius 2 is 1.76 bits per heavy atom. The predicted molar refractivity (Wildman–Crippen MR) is 130 cm³/mol. The van der Waals surface area contributed by atoms with Gasteiger partial charge in [0.25, 0.3) is 10.0 Å². The summed E-state index contributed by atoms with van der Waals surface area (Å²) in [5, 5.41) is 3.78. The van der Waals surface area contributed by atoms with E-state index >= 15 is 0 Å². The topological polar surface area (TPSA) is 128 Å². The Kier molecular flexibility index (Phi) is 6.40. The fourth-order valence-electron chi connectivity index (χ4n) is 3.39. The summed E-state index contributed by atoms with van der Waals surface area (Å²) in [7, 11) is 0.548. The number of aromatic nitrogens is 4. The minimum Gasteiger partial charge on any atom is -0.496 e. The van der Waals surface area contributed by atoms with Crippen LogP contribution < -0.4 is 19.5 Å². The molecule has 0 amide bonds. The van der Waals surface area contributed by atoms with Gasteiger partial charge in [-0.05, 0) is 37.3 Å². The van der Waals surface area contributed by atoms with Gasteiger partial charge in [-0.15, -0.1) is 0 Å². The Bertz CT molecular complexity index is 1500. The zero-order chi connectivity index (χ0) is 24.5. The Labute approximate surface area is 201 Å². The molecule has 0 bridgehead atoms. The van der Waals surface area contributed by atoms with Gasteiger partial charge in [-0.1, -0.05) is 11.6 Å². The molecule has 4 rings (SSSR count). The predicted octanol–water partition coefficient (Wildman–Crippen LogP) is 3.91. The molecule has 0 aliphatic rings. The van der Waals surface area contributed by atoms with Crippen LogP contribution in [0.2, 0.25) is 5.02 Å². The Hall–Kier alpha value is -3.70. The zero-order valence-corrected chi connectivity index (χ0v) is 20.3. The van der Waals surface area contributed by atoms with E-state index in [0.717, 1.165) is 10.9 Å². The van der Waals surface area contributed by atoms with Crippen molar-refractivity contribution in [2.75, 3.05) is 31.3 Å². The summed E-state index contributed by atoms with van der Waals surface area (Å²) in [6, 6.07) is 8.09. The standard InChI is InChI=1S/C22H21ClN6O4S/c1-12-16(7-13-10-26-22(24-2)28-20(13)27-12)17-9-15(5-6-18(17)32-3)29-34(30,31)19-8-14(23)11-25-21(19)33-4/h5-11,29H,1-4H3,(H,24,26,27,28). The second kappa shape index (κ2) is 9.27. The quantitative estimate of drug-likeness (QED) is 0.388. The first-order chi connectivity index (χ1) is 16.2. The van der Waals surface area contributed by atoms with Crippen molar-refractivity contribution in [2.24, 2.45) is 0 Å². The Morgan fingerprint density at radius 3 is 2.47 bits per heavy atom. The Morgan fingerprint density at radius 1 is 0.971 bits per heavy atom. The first kappa shape index (κ1) is 23.5. The molecule has 0 saturated heterocycles. The zero-order valence-electron chi connectivity index (χ0n) is 18.7. The van der Waals surface area contributed by atoms with Gasteiger partial charge in [0.1, 0.15) is 5.75 Å². The van der Waals surface area contributed by atoms with E-state index in [1.165, 1.54) is 26.5 Å². The molecule has 176 valence electrons. The largest absolute Gasteiger partial charge is 0.496 e. The summed E-state index contributed by atoms with van der Waals surface area (Å²) < 4.78 is 39.3. The molecule has 3 aromatic heterocycles. The number of sulfonamides is 1. The molecule has 1 aromatic carbocycles. The monoisotopic (exact) mass is 500 g/mol. The number of hydrogen-bond donors (Lipinski definition) is 2. The molecule has 0 aliphatic heterocycles. The van der Waals surface area contributed by atoms with Crippen LogP contribution in [-0.4, -0.2) is 49.6 Å². The van der Waals surface area contributed by atoms with Gasteiger partial charge in [-0.3, -0.25) is 4.72 Å². The summed E-state index contributed by atoms with van der Waals surface area (Å²) in [6.45, 7) is 1.84. The van der Waals surface area contributed by atoms with Gasteiger partial charge in [0.15, 0.2) is 10.5 Å². The summed E-state index contributed by atoms with van der Waals surface area (Å²) in [5.74, 6) is 0.940. The Balaban J connectivity index is 1.79. The normalized spacial score (nSPS) is 11.3. The molecular weight excluding hydrogens is 480 g/mol. The lowest BCUT2D eigenvalue weighted by Crippen LogP contribution is -2.15. The van der Waals surface area contributed by atoms with Crippen LogP contribution in [0.3, 0.4) is 0 Å². The van der Waals surface area contributed by atoms with Gasteiger partial charge >= 0.3 is 0 Å². The highest BCUT2D eigenvalue weighted by Crippen LogP contribution is 2.36. The molecule has 3 heterocycles. The molecule has 0 spiro atoms. The van der Waals surface area contributed by atoms with Crippen LogP contribution in [0.1, 0.15) is 5.69 Å². The van der Waals surface area contributed by atoms with E-state index in [9.17, 15) is 8.42 Å². The van der Waals surface area contributed by atoms with E-state index < -0.39 is 10.0 Å². The molecule has 0 unspecified atom stereocenters. The molecule has 10 nitrogen and oxygen atoms in total. The fraction of sp³-hybridized carbons (Fsp3) is 0.182. The highest BCUT2D eigenvalue weighted by Gasteiger charge is 2.22. The lowest BCUT2D eigenvalue weighted by Gasteiger charge is -2.15. The number of halogens is 1. The van der Waals surface area contributed by atoms with Gasteiger partial charge in [0.05, 0.1) is 19.2 Å². The van der Waals surface area contributed by atoms with Crippen LogP contribution in [0, 0.1) is 6.92 Å². The molecular formula is C22H21ClN6O4S. The lowest BCUT2D eigenvalue weighted by molar-refractivity contribution is 0.385. The van der Waals surface area contributed by atoms with E-state index in [4.69, 9.17) is 21.1 Å². The van der Waals surface area contributed by atoms with Gasteiger partial charge < -0.3 is 14.8 Å². The molecule has 0 saturated carbocycles. The third-order valence-corrected chi connectivity index (χ3v) is 6.58. The van der Waals surface area contributed by atoms with E-state index in [1.807, 2.05) is 13.0 Å². The van der Waals surface area contributed by atoms with Crippen LogP contribution >= 0.6 is 11.6 Å². The number of pyridine rings is 2. The van der Waals surface area contributed by atoms with E-state index in [0.29, 0.717) is 34.3 Å². The number of nitrogens with zero attached hydrogens (tertiary/aromatic N) is 4. The summed E-state index contributed by atoms with van der Waals surface area (Å²) in [6.07, 6.45) is 2.98. The third kappa shape index (κ3) is 4.52. The van der Waals surface area contributed by atoms with Crippen LogP contribution in [0.15, 0.2) is 47.6 Å². The number of anilines is 2. The molecule has 0 fully saturated rings. The first-order valence-electron chi connectivity index (χ1n) is 9.98. The highest BCUT2D eigenvalue weighted by molar-refractivity contribution is 7.92. The number of hydrogen-bond acceptors (Lipinski definition) is 9. The van der Waals surface area contributed by atoms with Crippen LogP contribution in [0.5, 0.6) is 11.6 Å². The van der Waals surface area contributed by atoms with Crippen molar-refractivity contribution in [2.45, 2.75) is 11.8 Å². The first-order valence-corrected chi connectivity index (χ1v) is 11.8. The maximum atomic E-state index is 13.1. The molecule has 2 N–H and O–H groups in total. The van der Waals surface area contributed by atoms with Gasteiger partial charge in [0.2, 0.25) is 11.8 Å². The van der Waals surface area contributed by atoms with Gasteiger partial charge in [-0.2, -0.15) is 4.98 Å². The van der Waals surface area contributed by atoms with Crippen LogP contribution in [0.4, 0.5) is 11.6 Å². The van der Waals surface area contributed by atoms with Crippen molar-refractivity contribution in [1.82, 2.24) is 19.9 Å². The minimum absolute atomic E-state index is 0.0684. The summed E-state index contributed by atoms with van der Waals surface area (Å²) >= 11 is 5.96. The van der Waals surface area contributed by atoms with Crippen molar-refractivity contribution >= 4 is 44.3 Å². The minimum atomic E-state index is -4.05. The van der Waals surface area contributed by atoms with Crippen molar-refractivity contribution < 1.29 is 17.9 Å². The molecule has 0 aliphatic carbocycles. The van der Waals surface area contributed by atoms with E-state index in [-0.39, 0.29) is 15.8 Å². The fourth-order valence-corrected chi connectivity index (χ4v) is 4.81. The number of benzene rings is 1. The molecule has 34 heavy (non-hydrogen) atoms. The van der Waals surface area contributed by atoms with Crippen LogP contribution in [-0.2, 0) is 10.0 Å². The van der Waals surface area contributed by atoms with E-state index in [2.05, 4.69) is 30.0 Å². The number of methoxy groups -OCH3 is 2. The maximum absolute atomic E-state index is 13.1. The molecule has 0 radical (unpaired) electrons. The van der Waals surface area contributed by atoms with Crippen molar-refractivity contribution in [1.29, 1.82) is 0 Å².